The SMILES string of the molecule is CNC(C)c1ccc(OCc2ccc(CO)cc2)cc1F. The van der Waals surface area contributed by atoms with E-state index in [4.69, 9.17) is 9.84 Å². The summed E-state index contributed by atoms with van der Waals surface area (Å²) in [4.78, 5) is 0. The van der Waals surface area contributed by atoms with E-state index in [1.54, 1.807) is 19.2 Å². The van der Waals surface area contributed by atoms with Gasteiger partial charge in [-0.15, -0.1) is 0 Å². The fourth-order valence-electron chi connectivity index (χ4n) is 2.01. The Labute approximate surface area is 124 Å². The van der Waals surface area contributed by atoms with Gasteiger partial charge in [-0.3, -0.25) is 0 Å². The van der Waals surface area contributed by atoms with Gasteiger partial charge < -0.3 is 15.2 Å². The van der Waals surface area contributed by atoms with Crippen LogP contribution in [0.1, 0.15) is 29.7 Å². The summed E-state index contributed by atoms with van der Waals surface area (Å²) < 4.78 is 19.6. The lowest BCUT2D eigenvalue weighted by Gasteiger charge is -2.13. The second-order valence-corrected chi connectivity index (χ2v) is 4.96. The number of aliphatic hydroxyl groups is 1. The predicted octanol–water partition coefficient (Wildman–Crippen LogP) is 3.18. The highest BCUT2D eigenvalue weighted by molar-refractivity contribution is 5.31. The predicted molar refractivity (Wildman–Crippen MR) is 80.6 cm³/mol. The third-order valence-electron chi connectivity index (χ3n) is 3.48. The molecular formula is C17H20FNO2. The second-order valence-electron chi connectivity index (χ2n) is 4.96. The molecule has 2 N–H and O–H groups in total. The third kappa shape index (κ3) is 4.03. The molecule has 0 aliphatic carbocycles. The van der Waals surface area contributed by atoms with Crippen molar-refractivity contribution >= 4 is 0 Å². The van der Waals surface area contributed by atoms with Crippen LogP contribution < -0.4 is 10.1 Å². The standard InChI is InChI=1S/C17H20FNO2/c1-12(19-2)16-8-7-15(9-17(16)18)21-11-14-5-3-13(10-20)4-6-14/h3-9,12,19-20H,10-11H2,1-2H3. The molecule has 0 saturated heterocycles. The summed E-state index contributed by atoms with van der Waals surface area (Å²) in [5.74, 6) is 0.232. The minimum atomic E-state index is -0.273. The first-order chi connectivity index (χ1) is 10.1. The van der Waals surface area contributed by atoms with E-state index in [0.717, 1.165) is 11.1 Å². The first-order valence-corrected chi connectivity index (χ1v) is 6.92. The minimum absolute atomic E-state index is 0.0253. The normalized spacial score (nSPS) is 12.2. The van der Waals surface area contributed by atoms with Gasteiger partial charge in [0.2, 0.25) is 0 Å². The van der Waals surface area contributed by atoms with Crippen LogP contribution in [0.3, 0.4) is 0 Å². The Bertz CT molecular complexity index is 584. The zero-order valence-electron chi connectivity index (χ0n) is 12.3. The quantitative estimate of drug-likeness (QED) is 0.858. The Hall–Kier alpha value is -1.91. The molecule has 0 radical (unpaired) electrons. The van der Waals surface area contributed by atoms with Crippen LogP contribution >= 0.6 is 0 Å². The van der Waals surface area contributed by atoms with Crippen LogP contribution in [0.2, 0.25) is 0 Å². The molecule has 2 aromatic rings. The summed E-state index contributed by atoms with van der Waals surface area (Å²) in [5, 5.41) is 12.0. The molecule has 0 bridgehead atoms. The number of ether oxygens (including phenoxy) is 1. The average Bonchev–Trinajstić information content (AvgIpc) is 2.52. The highest BCUT2D eigenvalue weighted by atomic mass is 19.1. The number of nitrogens with one attached hydrogen (secondary N) is 1. The molecule has 0 saturated carbocycles. The maximum Gasteiger partial charge on any atom is 0.131 e. The van der Waals surface area contributed by atoms with Gasteiger partial charge in [0.05, 0.1) is 6.61 Å². The topological polar surface area (TPSA) is 41.5 Å². The highest BCUT2D eigenvalue weighted by Gasteiger charge is 2.10. The third-order valence-corrected chi connectivity index (χ3v) is 3.48. The maximum absolute atomic E-state index is 14.0. The molecule has 2 aromatic carbocycles. The fraction of sp³-hybridized carbons (Fsp3) is 0.294. The van der Waals surface area contributed by atoms with Crippen LogP contribution in [-0.4, -0.2) is 12.2 Å². The van der Waals surface area contributed by atoms with Crippen molar-refractivity contribution < 1.29 is 14.2 Å². The van der Waals surface area contributed by atoms with E-state index in [1.807, 2.05) is 31.2 Å². The summed E-state index contributed by atoms with van der Waals surface area (Å²) >= 11 is 0. The van der Waals surface area contributed by atoms with Gasteiger partial charge in [-0.05, 0) is 31.2 Å². The van der Waals surface area contributed by atoms with E-state index in [9.17, 15) is 4.39 Å². The van der Waals surface area contributed by atoms with Gasteiger partial charge in [0.15, 0.2) is 0 Å². The van der Waals surface area contributed by atoms with Crippen molar-refractivity contribution in [3.05, 3.63) is 65.0 Å². The molecule has 0 aromatic heterocycles. The van der Waals surface area contributed by atoms with E-state index >= 15 is 0 Å². The van der Waals surface area contributed by atoms with E-state index in [-0.39, 0.29) is 18.5 Å². The molecule has 3 nitrogen and oxygen atoms in total. The van der Waals surface area contributed by atoms with E-state index in [1.165, 1.54) is 6.07 Å². The molecule has 0 aliphatic heterocycles. The highest BCUT2D eigenvalue weighted by Crippen LogP contribution is 2.22. The zero-order chi connectivity index (χ0) is 15.2. The fourth-order valence-corrected chi connectivity index (χ4v) is 2.01. The Morgan fingerprint density at radius 3 is 2.38 bits per heavy atom. The van der Waals surface area contributed by atoms with Crippen LogP contribution in [0.15, 0.2) is 42.5 Å². The number of halogens is 1. The molecule has 0 amide bonds. The van der Waals surface area contributed by atoms with Crippen molar-refractivity contribution in [1.82, 2.24) is 5.32 Å². The first-order valence-electron chi connectivity index (χ1n) is 6.92. The van der Waals surface area contributed by atoms with Crippen LogP contribution in [0, 0.1) is 5.82 Å². The van der Waals surface area contributed by atoms with Crippen LogP contribution in [-0.2, 0) is 13.2 Å². The van der Waals surface area contributed by atoms with Gasteiger partial charge in [-0.1, -0.05) is 30.3 Å². The smallest absolute Gasteiger partial charge is 0.131 e. The van der Waals surface area contributed by atoms with Crippen molar-refractivity contribution in [2.75, 3.05) is 7.05 Å². The Morgan fingerprint density at radius 2 is 1.81 bits per heavy atom. The monoisotopic (exact) mass is 289 g/mol. The van der Waals surface area contributed by atoms with E-state index in [0.29, 0.717) is 17.9 Å². The minimum Gasteiger partial charge on any atom is -0.489 e. The van der Waals surface area contributed by atoms with E-state index in [2.05, 4.69) is 5.32 Å². The Balaban J connectivity index is 2.01. The summed E-state index contributed by atoms with van der Waals surface area (Å²) in [6.07, 6.45) is 0. The molecule has 2 rings (SSSR count). The van der Waals surface area contributed by atoms with Gasteiger partial charge in [-0.2, -0.15) is 0 Å². The van der Waals surface area contributed by atoms with Gasteiger partial charge in [-0.25, -0.2) is 4.39 Å². The number of hydrogen-bond donors (Lipinski definition) is 2. The summed E-state index contributed by atoms with van der Waals surface area (Å²) in [5.41, 5.74) is 2.45. The molecule has 0 fully saturated rings. The number of rotatable bonds is 6. The first kappa shape index (κ1) is 15.5. The molecule has 0 spiro atoms. The van der Waals surface area contributed by atoms with Crippen LogP contribution in [0.25, 0.3) is 0 Å². The Morgan fingerprint density at radius 1 is 1.14 bits per heavy atom. The maximum atomic E-state index is 14.0. The lowest BCUT2D eigenvalue weighted by Crippen LogP contribution is -2.13. The number of hydrogen-bond acceptors (Lipinski definition) is 3. The second kappa shape index (κ2) is 7.20. The van der Waals surface area contributed by atoms with Crippen molar-refractivity contribution in [2.24, 2.45) is 0 Å². The summed E-state index contributed by atoms with van der Waals surface area (Å²) in [7, 11) is 1.80. The van der Waals surface area contributed by atoms with Crippen molar-refractivity contribution in [3.8, 4) is 5.75 Å². The van der Waals surface area contributed by atoms with Crippen molar-refractivity contribution in [1.29, 1.82) is 0 Å². The van der Waals surface area contributed by atoms with Gasteiger partial charge in [0, 0.05) is 17.7 Å². The number of benzene rings is 2. The molecule has 21 heavy (non-hydrogen) atoms. The van der Waals surface area contributed by atoms with Gasteiger partial charge >= 0.3 is 0 Å². The molecular weight excluding hydrogens is 269 g/mol. The van der Waals surface area contributed by atoms with E-state index < -0.39 is 0 Å². The summed E-state index contributed by atoms with van der Waals surface area (Å²) in [6.45, 7) is 2.30. The Kier molecular flexibility index (Phi) is 5.31. The molecule has 112 valence electrons. The van der Waals surface area contributed by atoms with Crippen molar-refractivity contribution in [2.45, 2.75) is 26.2 Å². The molecule has 1 unspecified atom stereocenters. The average molecular weight is 289 g/mol. The van der Waals surface area contributed by atoms with Crippen LogP contribution in [0.4, 0.5) is 4.39 Å². The lowest BCUT2D eigenvalue weighted by atomic mass is 10.1. The van der Waals surface area contributed by atoms with Gasteiger partial charge in [0.1, 0.15) is 18.2 Å². The van der Waals surface area contributed by atoms with Crippen LogP contribution in [0.5, 0.6) is 5.75 Å². The number of aliphatic hydroxyl groups excluding tert-OH is 1. The van der Waals surface area contributed by atoms with Crippen molar-refractivity contribution in [3.63, 3.8) is 0 Å². The lowest BCUT2D eigenvalue weighted by molar-refractivity contribution is 0.281. The largest absolute Gasteiger partial charge is 0.489 e. The molecule has 0 aliphatic rings. The molecule has 4 heteroatoms. The molecule has 0 heterocycles. The summed E-state index contributed by atoms with van der Waals surface area (Å²) in [6, 6.07) is 12.3. The molecule has 1 atom stereocenters. The zero-order valence-corrected chi connectivity index (χ0v) is 12.3. The van der Waals surface area contributed by atoms with Gasteiger partial charge in [0.25, 0.3) is 0 Å².